The fraction of sp³-hybridized carbons (Fsp3) is 0.462. The molecule has 78 valence electrons. The Balaban J connectivity index is 2.10. The van der Waals surface area contributed by atoms with Crippen molar-refractivity contribution < 1.29 is 0 Å². The monoisotopic (exact) mass is 219 g/mol. The molecule has 2 unspecified atom stereocenters. The largest absolute Gasteiger partial charge is 0.198 e. The predicted octanol–water partition coefficient (Wildman–Crippen LogP) is 4.14. The number of hydrogen-bond donors (Lipinski definition) is 0. The molecule has 1 aliphatic carbocycles. The summed E-state index contributed by atoms with van der Waals surface area (Å²) in [5.74, 6) is 0.806. The number of halogens is 1. The lowest BCUT2D eigenvalue weighted by atomic mass is 9.79. The summed E-state index contributed by atoms with van der Waals surface area (Å²) in [5.41, 5.74) is 1.33. The summed E-state index contributed by atoms with van der Waals surface area (Å²) in [6.07, 6.45) is 4.46. The van der Waals surface area contributed by atoms with Gasteiger partial charge < -0.3 is 0 Å². The van der Waals surface area contributed by atoms with Crippen molar-refractivity contribution in [3.8, 4) is 6.07 Å². The van der Waals surface area contributed by atoms with E-state index in [0.29, 0.717) is 5.92 Å². The van der Waals surface area contributed by atoms with Crippen molar-refractivity contribution in [1.82, 2.24) is 0 Å². The van der Waals surface area contributed by atoms with E-state index in [1.165, 1.54) is 18.4 Å². The van der Waals surface area contributed by atoms with Crippen LogP contribution in [0.2, 0.25) is 5.02 Å². The molecule has 0 bridgehead atoms. The molecule has 1 aromatic rings. The number of nitriles is 1. The van der Waals surface area contributed by atoms with Gasteiger partial charge in [-0.05, 0) is 42.9 Å². The average Bonchev–Trinajstić information content (AvgIpc) is 2.30. The van der Waals surface area contributed by atoms with Gasteiger partial charge in [-0.1, -0.05) is 30.2 Å². The van der Waals surface area contributed by atoms with Crippen molar-refractivity contribution in [2.24, 2.45) is 5.92 Å². The maximum absolute atomic E-state index is 8.93. The first-order valence-electron chi connectivity index (χ1n) is 5.44. The SMILES string of the molecule is N#CC1CCCC(c2ccc(Cl)cc2)C1. The standard InChI is InChI=1S/C13H14ClN/c14-13-6-4-11(5-7-13)12-3-1-2-10(8-12)9-15/h4-7,10,12H,1-3,8H2. The number of hydrogen-bond acceptors (Lipinski definition) is 1. The normalized spacial score (nSPS) is 25.9. The van der Waals surface area contributed by atoms with E-state index in [4.69, 9.17) is 16.9 Å². The summed E-state index contributed by atoms with van der Waals surface area (Å²) in [5, 5.41) is 9.71. The lowest BCUT2D eigenvalue weighted by Crippen LogP contribution is -2.12. The molecule has 2 rings (SSSR count). The molecular formula is C13H14ClN. The minimum absolute atomic E-state index is 0.249. The molecule has 2 heteroatoms. The fourth-order valence-corrected chi connectivity index (χ4v) is 2.47. The predicted molar refractivity (Wildman–Crippen MR) is 61.8 cm³/mol. The summed E-state index contributed by atoms with van der Waals surface area (Å²) in [6.45, 7) is 0. The summed E-state index contributed by atoms with van der Waals surface area (Å²) in [4.78, 5) is 0. The van der Waals surface area contributed by atoms with Crippen molar-refractivity contribution >= 4 is 11.6 Å². The van der Waals surface area contributed by atoms with Crippen LogP contribution in [0.25, 0.3) is 0 Å². The third-order valence-corrected chi connectivity index (χ3v) is 3.45. The van der Waals surface area contributed by atoms with Gasteiger partial charge in [-0.15, -0.1) is 0 Å². The van der Waals surface area contributed by atoms with Crippen molar-refractivity contribution in [2.75, 3.05) is 0 Å². The first kappa shape index (κ1) is 10.5. The first-order valence-corrected chi connectivity index (χ1v) is 5.82. The topological polar surface area (TPSA) is 23.8 Å². The minimum atomic E-state index is 0.249. The van der Waals surface area contributed by atoms with Crippen LogP contribution in [0.4, 0.5) is 0 Å². The van der Waals surface area contributed by atoms with Crippen LogP contribution < -0.4 is 0 Å². The molecule has 1 saturated carbocycles. The third kappa shape index (κ3) is 2.52. The molecule has 2 atom stereocenters. The minimum Gasteiger partial charge on any atom is -0.198 e. The van der Waals surface area contributed by atoms with E-state index in [2.05, 4.69) is 18.2 Å². The lowest BCUT2D eigenvalue weighted by molar-refractivity contribution is 0.379. The highest BCUT2D eigenvalue weighted by molar-refractivity contribution is 6.30. The van der Waals surface area contributed by atoms with Crippen LogP contribution in [-0.4, -0.2) is 0 Å². The second-order valence-electron chi connectivity index (χ2n) is 4.24. The maximum atomic E-state index is 8.93. The van der Waals surface area contributed by atoms with Gasteiger partial charge in [-0.2, -0.15) is 5.26 Å². The Hall–Kier alpha value is -1.00. The quantitative estimate of drug-likeness (QED) is 0.697. The van der Waals surface area contributed by atoms with E-state index >= 15 is 0 Å². The Bertz CT molecular complexity index is 363. The van der Waals surface area contributed by atoms with Gasteiger partial charge in [-0.3, -0.25) is 0 Å². The summed E-state index contributed by atoms with van der Waals surface area (Å²) < 4.78 is 0. The Morgan fingerprint density at radius 1 is 1.20 bits per heavy atom. The van der Waals surface area contributed by atoms with E-state index in [9.17, 15) is 0 Å². The molecule has 1 nitrogen and oxygen atoms in total. The molecule has 1 fully saturated rings. The number of rotatable bonds is 1. The Morgan fingerprint density at radius 3 is 2.60 bits per heavy atom. The summed E-state index contributed by atoms with van der Waals surface area (Å²) in [7, 11) is 0. The van der Waals surface area contributed by atoms with Crippen molar-refractivity contribution in [3.63, 3.8) is 0 Å². The Morgan fingerprint density at radius 2 is 1.93 bits per heavy atom. The van der Waals surface area contributed by atoms with Gasteiger partial charge in [-0.25, -0.2) is 0 Å². The van der Waals surface area contributed by atoms with Crippen LogP contribution in [0, 0.1) is 17.2 Å². The Kier molecular flexibility index (Phi) is 3.28. The van der Waals surface area contributed by atoms with Gasteiger partial charge in [0.1, 0.15) is 0 Å². The van der Waals surface area contributed by atoms with Crippen LogP contribution in [-0.2, 0) is 0 Å². The molecule has 0 N–H and O–H groups in total. The molecule has 0 amide bonds. The average molecular weight is 220 g/mol. The maximum Gasteiger partial charge on any atom is 0.0656 e. The molecule has 0 aliphatic heterocycles. The van der Waals surface area contributed by atoms with Crippen LogP contribution in [0.15, 0.2) is 24.3 Å². The van der Waals surface area contributed by atoms with Gasteiger partial charge in [0.05, 0.1) is 6.07 Å². The molecule has 0 spiro atoms. The van der Waals surface area contributed by atoms with Gasteiger partial charge in [0.15, 0.2) is 0 Å². The van der Waals surface area contributed by atoms with Crippen molar-refractivity contribution in [1.29, 1.82) is 5.26 Å². The third-order valence-electron chi connectivity index (χ3n) is 3.20. The number of benzene rings is 1. The van der Waals surface area contributed by atoms with E-state index < -0.39 is 0 Å². The molecule has 0 saturated heterocycles. The summed E-state index contributed by atoms with van der Waals surface area (Å²) >= 11 is 5.85. The van der Waals surface area contributed by atoms with E-state index in [-0.39, 0.29) is 5.92 Å². The second-order valence-corrected chi connectivity index (χ2v) is 4.68. The molecular weight excluding hydrogens is 206 g/mol. The number of nitrogens with zero attached hydrogens (tertiary/aromatic N) is 1. The molecule has 0 radical (unpaired) electrons. The van der Waals surface area contributed by atoms with E-state index in [1.54, 1.807) is 0 Å². The van der Waals surface area contributed by atoms with E-state index in [1.807, 2.05) is 12.1 Å². The highest BCUT2D eigenvalue weighted by Gasteiger charge is 2.22. The second kappa shape index (κ2) is 4.68. The molecule has 0 aromatic heterocycles. The van der Waals surface area contributed by atoms with Gasteiger partial charge >= 0.3 is 0 Å². The fourth-order valence-electron chi connectivity index (χ4n) is 2.34. The van der Waals surface area contributed by atoms with E-state index in [0.717, 1.165) is 17.9 Å². The smallest absolute Gasteiger partial charge is 0.0656 e. The van der Waals surface area contributed by atoms with Gasteiger partial charge in [0.2, 0.25) is 0 Å². The highest BCUT2D eigenvalue weighted by Crippen LogP contribution is 2.36. The highest BCUT2D eigenvalue weighted by atomic mass is 35.5. The zero-order valence-corrected chi connectivity index (χ0v) is 9.37. The first-order chi connectivity index (χ1) is 7.29. The molecule has 1 aliphatic rings. The molecule has 1 aromatic carbocycles. The van der Waals surface area contributed by atoms with Crippen molar-refractivity contribution in [3.05, 3.63) is 34.9 Å². The van der Waals surface area contributed by atoms with Crippen LogP contribution in [0.1, 0.15) is 37.2 Å². The zero-order valence-electron chi connectivity index (χ0n) is 8.62. The van der Waals surface area contributed by atoms with Gasteiger partial charge in [0, 0.05) is 10.9 Å². The van der Waals surface area contributed by atoms with Crippen LogP contribution in [0.3, 0.4) is 0 Å². The van der Waals surface area contributed by atoms with Crippen molar-refractivity contribution in [2.45, 2.75) is 31.6 Å². The Labute approximate surface area is 95.7 Å². The summed E-state index contributed by atoms with van der Waals surface area (Å²) in [6, 6.07) is 10.4. The van der Waals surface area contributed by atoms with Crippen LogP contribution >= 0.6 is 11.6 Å². The van der Waals surface area contributed by atoms with Gasteiger partial charge in [0.25, 0.3) is 0 Å². The molecule has 15 heavy (non-hydrogen) atoms. The molecule has 0 heterocycles. The van der Waals surface area contributed by atoms with Crippen LogP contribution in [0.5, 0.6) is 0 Å². The zero-order chi connectivity index (χ0) is 10.7. The lowest BCUT2D eigenvalue weighted by Gasteiger charge is -2.25.